The van der Waals surface area contributed by atoms with Gasteiger partial charge in [-0.1, -0.05) is 24.3 Å². The number of carbonyl (C=O) groups is 1. The van der Waals surface area contributed by atoms with Crippen molar-refractivity contribution in [1.29, 1.82) is 0 Å². The summed E-state index contributed by atoms with van der Waals surface area (Å²) in [6.45, 7) is 0.231. The quantitative estimate of drug-likeness (QED) is 0.378. The van der Waals surface area contributed by atoms with E-state index in [2.05, 4.69) is 10.3 Å². The van der Waals surface area contributed by atoms with E-state index in [9.17, 15) is 18.3 Å². The molecule has 0 unspecified atom stereocenters. The lowest BCUT2D eigenvalue weighted by Gasteiger charge is -2.22. The van der Waals surface area contributed by atoms with Gasteiger partial charge in [-0.25, -0.2) is 13.4 Å². The molecule has 1 amide bonds. The molecule has 4 aromatic rings. The van der Waals surface area contributed by atoms with E-state index in [-0.39, 0.29) is 23.5 Å². The summed E-state index contributed by atoms with van der Waals surface area (Å²) in [5.74, 6) is 0.350. The largest absolute Gasteiger partial charge is 0.464 e. The van der Waals surface area contributed by atoms with Crippen LogP contribution in [-0.4, -0.2) is 47.9 Å². The van der Waals surface area contributed by atoms with Crippen LogP contribution in [-0.2, 0) is 20.2 Å². The number of fused-ring (bicyclic) bond motifs is 1. The number of pyridine rings is 1. The van der Waals surface area contributed by atoms with Gasteiger partial charge in [0.15, 0.2) is 0 Å². The summed E-state index contributed by atoms with van der Waals surface area (Å²) in [4.78, 5) is 18.1. The van der Waals surface area contributed by atoms with Crippen LogP contribution in [0.4, 0.5) is 5.82 Å². The summed E-state index contributed by atoms with van der Waals surface area (Å²) >= 11 is 0. The van der Waals surface area contributed by atoms with Crippen molar-refractivity contribution in [2.45, 2.75) is 42.0 Å². The molecule has 2 aliphatic rings. The summed E-state index contributed by atoms with van der Waals surface area (Å²) in [6, 6.07) is 19.3. The Hall–Kier alpha value is -3.53. The third kappa shape index (κ3) is 4.22. The fourth-order valence-electron chi connectivity index (χ4n) is 5.18. The van der Waals surface area contributed by atoms with Crippen molar-refractivity contribution in [3.8, 4) is 11.3 Å². The number of aliphatic hydroxyl groups is 1. The molecule has 190 valence electrons. The van der Waals surface area contributed by atoms with Gasteiger partial charge in [0.05, 0.1) is 28.9 Å². The van der Waals surface area contributed by atoms with Crippen LogP contribution < -0.4 is 5.32 Å². The van der Waals surface area contributed by atoms with Crippen LogP contribution in [0.15, 0.2) is 82.3 Å². The van der Waals surface area contributed by atoms with Gasteiger partial charge in [0.2, 0.25) is 15.9 Å². The van der Waals surface area contributed by atoms with Gasteiger partial charge in [-0.15, -0.1) is 0 Å². The van der Waals surface area contributed by atoms with E-state index < -0.39 is 15.4 Å². The van der Waals surface area contributed by atoms with Crippen LogP contribution in [0.5, 0.6) is 0 Å². The second-order valence-corrected chi connectivity index (χ2v) is 11.6. The number of furan rings is 1. The summed E-state index contributed by atoms with van der Waals surface area (Å²) in [6.07, 6.45) is 4.58. The molecule has 2 aromatic carbocycles. The van der Waals surface area contributed by atoms with Gasteiger partial charge in [0.1, 0.15) is 11.4 Å². The first kappa shape index (κ1) is 23.8. The minimum Gasteiger partial charge on any atom is -0.464 e. The Morgan fingerprint density at radius 3 is 2.68 bits per heavy atom. The number of carbonyl (C=O) groups excluding carboxylic acids is 1. The van der Waals surface area contributed by atoms with Crippen molar-refractivity contribution in [2.24, 2.45) is 0 Å². The number of sulfonamides is 1. The van der Waals surface area contributed by atoms with E-state index in [1.807, 2.05) is 36.4 Å². The van der Waals surface area contributed by atoms with Gasteiger partial charge in [0, 0.05) is 23.5 Å². The average molecular weight is 518 g/mol. The Bertz CT molecular complexity index is 1570. The van der Waals surface area contributed by atoms with Gasteiger partial charge >= 0.3 is 0 Å². The van der Waals surface area contributed by atoms with Crippen molar-refractivity contribution in [2.75, 3.05) is 18.5 Å². The number of amides is 1. The van der Waals surface area contributed by atoms with Crippen molar-refractivity contribution in [3.63, 3.8) is 0 Å². The van der Waals surface area contributed by atoms with Crippen molar-refractivity contribution < 1.29 is 22.7 Å². The fourth-order valence-corrected chi connectivity index (χ4v) is 6.86. The lowest BCUT2D eigenvalue weighted by atomic mass is 9.94. The van der Waals surface area contributed by atoms with E-state index in [1.165, 1.54) is 4.31 Å². The van der Waals surface area contributed by atoms with Crippen molar-refractivity contribution in [1.82, 2.24) is 9.29 Å². The maximum Gasteiger partial charge on any atom is 0.243 e. The summed E-state index contributed by atoms with van der Waals surface area (Å²) < 4.78 is 32.9. The van der Waals surface area contributed by atoms with Gasteiger partial charge in [-0.05, 0) is 73.7 Å². The Morgan fingerprint density at radius 1 is 1.11 bits per heavy atom. The van der Waals surface area contributed by atoms with Crippen LogP contribution in [0.25, 0.3) is 22.2 Å². The maximum absolute atomic E-state index is 13.3. The predicted octanol–water partition coefficient (Wildman–Crippen LogP) is 4.31. The summed E-state index contributed by atoms with van der Waals surface area (Å²) in [5.41, 5.74) is 2.55. The van der Waals surface area contributed by atoms with Gasteiger partial charge in [-0.2, -0.15) is 4.31 Å². The lowest BCUT2D eigenvalue weighted by molar-refractivity contribution is -0.118. The zero-order valence-electron chi connectivity index (χ0n) is 20.1. The number of benzene rings is 2. The highest BCUT2D eigenvalue weighted by Crippen LogP contribution is 2.49. The normalized spacial score (nSPS) is 19.2. The summed E-state index contributed by atoms with van der Waals surface area (Å²) in [7, 11) is -3.68. The molecule has 0 bridgehead atoms. The molecular formula is C28H27N3O5S. The molecule has 6 rings (SSSR count). The minimum absolute atomic E-state index is 0.0921. The Balaban J connectivity index is 1.20. The molecule has 8 nitrogen and oxygen atoms in total. The number of aromatic nitrogens is 1. The number of aliphatic hydroxyl groups excluding tert-OH is 1. The highest BCUT2D eigenvalue weighted by molar-refractivity contribution is 7.89. The van der Waals surface area contributed by atoms with Gasteiger partial charge in [-0.3, -0.25) is 4.79 Å². The van der Waals surface area contributed by atoms with E-state index in [0.717, 1.165) is 41.4 Å². The molecule has 1 aliphatic heterocycles. The molecule has 9 heteroatoms. The minimum atomic E-state index is -3.68. The molecule has 1 aliphatic carbocycles. The third-order valence-electron chi connectivity index (χ3n) is 7.47. The van der Waals surface area contributed by atoms with Gasteiger partial charge < -0.3 is 14.8 Å². The molecule has 2 N–H and O–H groups in total. The first-order valence-electron chi connectivity index (χ1n) is 12.4. The molecule has 0 spiro atoms. The molecule has 1 saturated carbocycles. The van der Waals surface area contributed by atoms with E-state index >= 15 is 0 Å². The molecule has 0 radical (unpaired) electrons. The monoisotopic (exact) mass is 517 g/mol. The Morgan fingerprint density at radius 2 is 1.92 bits per heavy atom. The second kappa shape index (κ2) is 9.09. The highest BCUT2D eigenvalue weighted by Gasteiger charge is 2.51. The molecule has 3 heterocycles. The first-order chi connectivity index (χ1) is 17.9. The number of nitrogens with one attached hydrogen (secondary N) is 1. The number of anilines is 1. The SMILES string of the molecule is O=C(Nc1cccc(-c2ccc(S(=O)(=O)N3CCC[C@@H]3CO)cc2)n1)C1(c2ccc3occc3c2)CC1. The third-order valence-corrected chi connectivity index (χ3v) is 9.44. The van der Waals surface area contributed by atoms with E-state index in [1.54, 1.807) is 36.6 Å². The van der Waals surface area contributed by atoms with Crippen molar-refractivity contribution in [3.05, 3.63) is 78.6 Å². The van der Waals surface area contributed by atoms with Crippen LogP contribution in [0.1, 0.15) is 31.2 Å². The Labute approximate surface area is 215 Å². The van der Waals surface area contributed by atoms with Crippen LogP contribution in [0.2, 0.25) is 0 Å². The van der Waals surface area contributed by atoms with E-state index in [4.69, 9.17) is 4.42 Å². The topological polar surface area (TPSA) is 113 Å². The number of hydrogen-bond acceptors (Lipinski definition) is 6. The molecule has 1 saturated heterocycles. The smallest absolute Gasteiger partial charge is 0.243 e. The van der Waals surface area contributed by atoms with Crippen LogP contribution >= 0.6 is 0 Å². The molecule has 2 aromatic heterocycles. The number of hydrogen-bond donors (Lipinski definition) is 2. The number of rotatable bonds is 7. The van der Waals surface area contributed by atoms with Crippen molar-refractivity contribution >= 4 is 32.7 Å². The molecular weight excluding hydrogens is 490 g/mol. The molecule has 1 atom stereocenters. The molecule has 37 heavy (non-hydrogen) atoms. The van der Waals surface area contributed by atoms with Gasteiger partial charge in [0.25, 0.3) is 0 Å². The van der Waals surface area contributed by atoms with E-state index in [0.29, 0.717) is 24.5 Å². The van der Waals surface area contributed by atoms with Crippen LogP contribution in [0, 0.1) is 0 Å². The zero-order chi connectivity index (χ0) is 25.6. The zero-order valence-corrected chi connectivity index (χ0v) is 20.9. The standard InChI is InChI=1S/C28H27N3O5S/c32-18-22-3-2-15-31(22)37(34,35)23-9-6-19(7-10-23)24-4-1-5-26(29-24)30-27(33)28(13-14-28)21-8-11-25-20(17-21)12-16-36-25/h1,4-12,16-17,22,32H,2-3,13-15,18H2,(H,29,30,33)/t22-/m1/s1. The van der Waals surface area contributed by atoms with Crippen LogP contribution in [0.3, 0.4) is 0 Å². The second-order valence-electron chi connectivity index (χ2n) is 9.74. The lowest BCUT2D eigenvalue weighted by Crippen LogP contribution is -2.37. The maximum atomic E-state index is 13.3. The summed E-state index contributed by atoms with van der Waals surface area (Å²) in [5, 5.41) is 13.5. The Kier molecular flexibility index (Phi) is 5.86. The molecule has 2 fully saturated rings. The predicted molar refractivity (Wildman–Crippen MR) is 139 cm³/mol. The number of nitrogens with zero attached hydrogens (tertiary/aromatic N) is 2. The average Bonchev–Trinajstić information content (AvgIpc) is 3.35. The highest BCUT2D eigenvalue weighted by atomic mass is 32.2. The first-order valence-corrected chi connectivity index (χ1v) is 13.8. The fraction of sp³-hybridized carbons (Fsp3) is 0.286.